The van der Waals surface area contributed by atoms with Gasteiger partial charge in [0, 0.05) is 6.42 Å². The highest BCUT2D eigenvalue weighted by atomic mass is 16.3. The second-order valence-electron chi connectivity index (χ2n) is 13.0. The van der Waals surface area contributed by atoms with Gasteiger partial charge in [-0.2, -0.15) is 0 Å². The normalized spacial score (nSPS) is 36.3. The second-order valence-corrected chi connectivity index (χ2v) is 13.0. The fraction of sp³-hybridized carbons (Fsp3) is 0.636. The summed E-state index contributed by atoms with van der Waals surface area (Å²) in [7, 11) is 0. The van der Waals surface area contributed by atoms with E-state index in [0.29, 0.717) is 36.5 Å². The van der Waals surface area contributed by atoms with Crippen LogP contribution in [0, 0.1) is 23.2 Å². The summed E-state index contributed by atoms with van der Waals surface area (Å²) in [4.78, 5) is 0. The Bertz CT molecular complexity index is 968. The van der Waals surface area contributed by atoms with Crippen LogP contribution in [0.1, 0.15) is 97.0 Å². The summed E-state index contributed by atoms with van der Waals surface area (Å²) < 4.78 is 0. The lowest BCUT2D eigenvalue weighted by atomic mass is 9.57. The molecule has 3 saturated carbocycles. The molecule has 0 heterocycles. The molecule has 3 fully saturated rings. The van der Waals surface area contributed by atoms with E-state index in [-0.39, 0.29) is 5.41 Å². The molecule has 1 aromatic rings. The van der Waals surface area contributed by atoms with Crippen molar-refractivity contribution in [2.75, 3.05) is 0 Å². The van der Waals surface area contributed by atoms with Crippen molar-refractivity contribution in [1.29, 1.82) is 0 Å². The number of fused-ring (bicyclic) bond motifs is 1. The third-order valence-corrected chi connectivity index (χ3v) is 9.70. The lowest BCUT2D eigenvalue weighted by Gasteiger charge is -2.47. The molecule has 0 bridgehead atoms. The Labute approximate surface area is 219 Å². The van der Waals surface area contributed by atoms with Crippen LogP contribution in [0.25, 0.3) is 0 Å². The molecule has 0 aliphatic heterocycles. The summed E-state index contributed by atoms with van der Waals surface area (Å²) in [5.74, 6) is 2.40. The molecule has 3 heteroatoms. The molecule has 36 heavy (non-hydrogen) atoms. The Balaban J connectivity index is 1.61. The third kappa shape index (κ3) is 6.06. The highest BCUT2D eigenvalue weighted by molar-refractivity contribution is 5.39. The predicted molar refractivity (Wildman–Crippen MR) is 149 cm³/mol. The summed E-state index contributed by atoms with van der Waals surface area (Å²) in [5.41, 5.74) is 4.38. The molecule has 3 nitrogen and oxygen atoms in total. The minimum atomic E-state index is -0.646. The average molecular weight is 493 g/mol. The number of aliphatic hydroxyl groups excluding tert-OH is 2. The average Bonchev–Trinajstić information content (AvgIpc) is 3.17. The van der Waals surface area contributed by atoms with E-state index >= 15 is 0 Å². The zero-order valence-corrected chi connectivity index (χ0v) is 22.9. The molecule has 0 aromatic heterocycles. The number of benzene rings is 1. The highest BCUT2D eigenvalue weighted by Gasteiger charge is 2.52. The van der Waals surface area contributed by atoms with Crippen molar-refractivity contribution < 1.29 is 15.3 Å². The SMILES string of the molecule is C=C1/C(=C\C=C2/C[C@@H](c3ccccc3)C[C@]3(C)[C@@H]([C@H](C)CCCC(C)(C)O)CC[C@@H]23)C[C@@H](O)C[C@@H]1O. The Morgan fingerprint density at radius 3 is 2.53 bits per heavy atom. The maximum Gasteiger partial charge on any atom is 0.0811 e. The van der Waals surface area contributed by atoms with Gasteiger partial charge in [-0.1, -0.05) is 81.3 Å². The zero-order chi connectivity index (χ0) is 26.1. The molecule has 0 spiro atoms. The first-order chi connectivity index (χ1) is 17.0. The van der Waals surface area contributed by atoms with Gasteiger partial charge in [0.25, 0.3) is 0 Å². The molecule has 7 atom stereocenters. The first-order valence-electron chi connectivity index (χ1n) is 14.2. The van der Waals surface area contributed by atoms with E-state index in [2.05, 4.69) is 62.9 Å². The molecule has 3 aliphatic carbocycles. The van der Waals surface area contributed by atoms with Gasteiger partial charge in [0.2, 0.25) is 0 Å². The lowest BCUT2D eigenvalue weighted by molar-refractivity contribution is 0.0578. The Kier molecular flexibility index (Phi) is 8.34. The fourth-order valence-corrected chi connectivity index (χ4v) is 7.80. The van der Waals surface area contributed by atoms with Gasteiger partial charge in [-0.3, -0.25) is 0 Å². The van der Waals surface area contributed by atoms with Crippen LogP contribution in [0.5, 0.6) is 0 Å². The molecular formula is C33H48O3. The molecule has 198 valence electrons. The van der Waals surface area contributed by atoms with Crippen LogP contribution in [-0.2, 0) is 0 Å². The van der Waals surface area contributed by atoms with Crippen molar-refractivity contribution in [2.45, 2.75) is 109 Å². The van der Waals surface area contributed by atoms with Gasteiger partial charge >= 0.3 is 0 Å². The van der Waals surface area contributed by atoms with Gasteiger partial charge in [0.1, 0.15) is 0 Å². The van der Waals surface area contributed by atoms with E-state index in [1.54, 1.807) is 0 Å². The molecular weight excluding hydrogens is 444 g/mol. The molecule has 3 aliphatic rings. The fourth-order valence-electron chi connectivity index (χ4n) is 7.80. The molecule has 0 saturated heterocycles. The summed E-state index contributed by atoms with van der Waals surface area (Å²) >= 11 is 0. The van der Waals surface area contributed by atoms with Crippen molar-refractivity contribution in [2.24, 2.45) is 23.2 Å². The first kappa shape index (κ1) is 27.4. The predicted octanol–water partition coefficient (Wildman–Crippen LogP) is 7.10. The van der Waals surface area contributed by atoms with Gasteiger partial charge in [-0.25, -0.2) is 0 Å². The van der Waals surface area contributed by atoms with Gasteiger partial charge in [-0.15, -0.1) is 0 Å². The maximum atomic E-state index is 10.3. The van der Waals surface area contributed by atoms with Gasteiger partial charge < -0.3 is 15.3 Å². The number of allylic oxidation sites excluding steroid dienone is 3. The van der Waals surface area contributed by atoms with E-state index in [9.17, 15) is 15.3 Å². The molecule has 4 rings (SSSR count). The smallest absolute Gasteiger partial charge is 0.0811 e. The third-order valence-electron chi connectivity index (χ3n) is 9.70. The van der Waals surface area contributed by atoms with Crippen molar-refractivity contribution in [3.63, 3.8) is 0 Å². The molecule has 1 aromatic carbocycles. The number of hydrogen-bond donors (Lipinski definition) is 3. The van der Waals surface area contributed by atoms with E-state index in [1.807, 2.05) is 13.8 Å². The van der Waals surface area contributed by atoms with Crippen molar-refractivity contribution in [3.05, 3.63) is 71.3 Å². The summed E-state index contributed by atoms with van der Waals surface area (Å²) in [6.07, 6.45) is 12.2. The van der Waals surface area contributed by atoms with Crippen LogP contribution < -0.4 is 0 Å². The van der Waals surface area contributed by atoms with Crippen LogP contribution in [0.3, 0.4) is 0 Å². The summed E-state index contributed by atoms with van der Waals surface area (Å²) in [6.45, 7) is 12.9. The van der Waals surface area contributed by atoms with Crippen molar-refractivity contribution in [1.82, 2.24) is 0 Å². The first-order valence-corrected chi connectivity index (χ1v) is 14.2. The largest absolute Gasteiger partial charge is 0.393 e. The number of aliphatic hydroxyl groups is 3. The quantitative estimate of drug-likeness (QED) is 0.380. The second kappa shape index (κ2) is 11.0. The van der Waals surface area contributed by atoms with E-state index < -0.39 is 17.8 Å². The Hall–Kier alpha value is -1.68. The minimum Gasteiger partial charge on any atom is -0.393 e. The minimum absolute atomic E-state index is 0.250. The molecule has 0 radical (unpaired) electrons. The summed E-state index contributed by atoms with van der Waals surface area (Å²) in [5, 5.41) is 30.7. The van der Waals surface area contributed by atoms with Crippen LogP contribution >= 0.6 is 0 Å². The van der Waals surface area contributed by atoms with Crippen molar-refractivity contribution in [3.8, 4) is 0 Å². The maximum absolute atomic E-state index is 10.3. The number of hydrogen-bond acceptors (Lipinski definition) is 3. The van der Waals surface area contributed by atoms with E-state index in [4.69, 9.17) is 0 Å². The van der Waals surface area contributed by atoms with Crippen molar-refractivity contribution >= 4 is 0 Å². The van der Waals surface area contributed by atoms with E-state index in [0.717, 1.165) is 30.4 Å². The number of rotatable bonds is 7. The molecule has 0 unspecified atom stereocenters. The highest BCUT2D eigenvalue weighted by Crippen LogP contribution is 2.62. The molecule has 3 N–H and O–H groups in total. The van der Waals surface area contributed by atoms with E-state index in [1.165, 1.54) is 36.8 Å². The summed E-state index contributed by atoms with van der Waals surface area (Å²) in [6, 6.07) is 11.0. The van der Waals surface area contributed by atoms with Gasteiger partial charge in [-0.05, 0) is 98.2 Å². The standard InChI is InChI=1S/C33H48O3/c1-22(10-9-17-32(3,4)36)29-15-16-30-26(14-13-25-19-28(34)20-31(35)23(25)2)18-27(21-33(29,30)5)24-11-7-6-8-12-24/h6-8,11-14,22,27-31,34-36H,2,9-10,15-21H2,1,3-5H3/b25-13-,26-14+/t22-,27-,28-,29-,30+,31+,33-/m1/s1. The van der Waals surface area contributed by atoms with Gasteiger partial charge in [0.15, 0.2) is 0 Å². The lowest BCUT2D eigenvalue weighted by Crippen LogP contribution is -2.38. The molecule has 0 amide bonds. The van der Waals surface area contributed by atoms with Crippen LogP contribution in [0.4, 0.5) is 0 Å². The Morgan fingerprint density at radius 2 is 1.83 bits per heavy atom. The monoisotopic (exact) mass is 492 g/mol. The Morgan fingerprint density at radius 1 is 1.11 bits per heavy atom. The van der Waals surface area contributed by atoms with Crippen LogP contribution in [-0.4, -0.2) is 33.1 Å². The van der Waals surface area contributed by atoms with Gasteiger partial charge in [0.05, 0.1) is 17.8 Å². The topological polar surface area (TPSA) is 60.7 Å². The van der Waals surface area contributed by atoms with Crippen LogP contribution in [0.2, 0.25) is 0 Å². The zero-order valence-electron chi connectivity index (χ0n) is 22.9. The van der Waals surface area contributed by atoms with Crippen LogP contribution in [0.15, 0.2) is 65.8 Å².